The van der Waals surface area contributed by atoms with Gasteiger partial charge in [-0.15, -0.1) is 0 Å². The first-order valence-corrected chi connectivity index (χ1v) is 3.10. The number of methoxy groups -OCH3 is 1. The van der Waals surface area contributed by atoms with Crippen molar-refractivity contribution in [2.24, 2.45) is 0 Å². The Morgan fingerprint density at radius 3 is 2.82 bits per heavy atom. The molecule has 0 heterocycles. The smallest absolute Gasteiger partial charge is 0.161 e. The maximum Gasteiger partial charge on any atom is 0.161 e. The van der Waals surface area contributed by atoms with Crippen LogP contribution >= 0.6 is 0 Å². The van der Waals surface area contributed by atoms with Crippen molar-refractivity contribution in [3.63, 3.8) is 0 Å². The number of ether oxygens (including phenoxy) is 1. The van der Waals surface area contributed by atoms with Crippen molar-refractivity contribution >= 4 is 6.29 Å². The first-order valence-electron chi connectivity index (χ1n) is 3.10. The number of carbonyl (C=O) groups is 1. The molecule has 3 heteroatoms. The van der Waals surface area contributed by atoms with Crippen molar-refractivity contribution in [2.75, 3.05) is 7.11 Å². The molecule has 0 aliphatic rings. The van der Waals surface area contributed by atoms with E-state index in [4.69, 9.17) is 9.84 Å². The third kappa shape index (κ3) is 1.49. The zero-order valence-corrected chi connectivity index (χ0v) is 6.07. The summed E-state index contributed by atoms with van der Waals surface area (Å²) in [5.41, 5.74) is 0.486. The summed E-state index contributed by atoms with van der Waals surface area (Å²) in [5.74, 6) is 0.354. The fourth-order valence-corrected chi connectivity index (χ4v) is 0.768. The van der Waals surface area contributed by atoms with Gasteiger partial charge in [0.25, 0.3) is 0 Å². The van der Waals surface area contributed by atoms with Crippen molar-refractivity contribution in [2.45, 2.75) is 0 Å². The molecule has 0 aromatic heterocycles. The maximum absolute atomic E-state index is 10.2. The molecule has 0 unspecified atom stereocenters. The molecule has 1 aromatic carbocycles. The molecule has 1 rings (SSSR count). The number of carbonyl (C=O) groups excluding carboxylic acids is 1. The summed E-state index contributed by atoms with van der Waals surface area (Å²) in [6.45, 7) is 0. The Morgan fingerprint density at radius 1 is 1.55 bits per heavy atom. The molecule has 58 valence electrons. The van der Waals surface area contributed by atoms with E-state index in [0.29, 0.717) is 17.6 Å². The van der Waals surface area contributed by atoms with Gasteiger partial charge in [-0.2, -0.15) is 0 Å². The molecule has 1 N–H and O–H groups in total. The first kappa shape index (κ1) is 7.60. The fourth-order valence-electron chi connectivity index (χ4n) is 0.768. The van der Waals surface area contributed by atoms with E-state index >= 15 is 0 Å². The molecule has 1 aromatic rings. The van der Waals surface area contributed by atoms with E-state index in [0.717, 1.165) is 0 Å². The van der Waals surface area contributed by atoms with E-state index in [9.17, 15) is 4.79 Å². The third-order valence-electron chi connectivity index (χ3n) is 1.34. The molecule has 11 heavy (non-hydrogen) atoms. The number of aromatic hydroxyl groups is 1. The molecule has 0 atom stereocenters. The van der Waals surface area contributed by atoms with Crippen LogP contribution in [-0.2, 0) is 0 Å². The lowest BCUT2D eigenvalue weighted by Gasteiger charge is -2.01. The van der Waals surface area contributed by atoms with Crippen molar-refractivity contribution in [1.82, 2.24) is 0 Å². The molecule has 0 aliphatic carbocycles. The van der Waals surface area contributed by atoms with Gasteiger partial charge in [-0.3, -0.25) is 4.79 Å². The van der Waals surface area contributed by atoms with Crippen LogP contribution in [0.25, 0.3) is 0 Å². The number of rotatable bonds is 2. The monoisotopic (exact) mass is 158 g/mol. The Balaban J connectivity index is 3.12. The summed E-state index contributed by atoms with van der Waals surface area (Å²) < 4.78 is 4.78. The van der Waals surface area contributed by atoms with Gasteiger partial charge in [-0.25, -0.2) is 0 Å². The zero-order valence-electron chi connectivity index (χ0n) is 6.07. The van der Waals surface area contributed by atoms with Crippen LogP contribution < -0.4 is 4.74 Å². The van der Waals surface area contributed by atoms with Crippen LogP contribution in [0.4, 0.5) is 0 Å². The van der Waals surface area contributed by atoms with Gasteiger partial charge in [0.15, 0.2) is 11.5 Å². The minimum Gasteiger partial charge on any atom is -0.504 e. The quantitative estimate of drug-likeness (QED) is 0.658. The van der Waals surface area contributed by atoms with E-state index in [2.05, 4.69) is 0 Å². The highest BCUT2D eigenvalue weighted by Gasteiger charge is 2.00. The van der Waals surface area contributed by atoms with Crippen molar-refractivity contribution < 1.29 is 14.6 Å². The van der Waals surface area contributed by atoms with Crippen LogP contribution in [0.3, 0.4) is 0 Å². The average Bonchev–Trinajstić information content (AvgIpc) is 2.05. The van der Waals surface area contributed by atoms with E-state index in [1.807, 2.05) is 0 Å². The van der Waals surface area contributed by atoms with Crippen LogP contribution in [0.5, 0.6) is 11.5 Å². The van der Waals surface area contributed by atoms with Crippen LogP contribution in [0.1, 0.15) is 10.4 Å². The van der Waals surface area contributed by atoms with E-state index < -0.39 is 0 Å². The Hall–Kier alpha value is -1.51. The Morgan fingerprint density at radius 2 is 2.27 bits per heavy atom. The summed E-state index contributed by atoms with van der Waals surface area (Å²) >= 11 is 0. The lowest BCUT2D eigenvalue weighted by molar-refractivity contribution is 0.112. The van der Waals surface area contributed by atoms with E-state index in [-0.39, 0.29) is 5.75 Å². The number of benzene rings is 1. The Kier molecular flexibility index (Phi) is 2.11. The van der Waals surface area contributed by atoms with Crippen molar-refractivity contribution in [1.29, 1.82) is 0 Å². The molecule has 0 amide bonds. The number of aldehydes is 1. The lowest BCUT2D eigenvalue weighted by Crippen LogP contribution is -1.85. The van der Waals surface area contributed by atoms with Crippen LogP contribution in [-0.4, -0.2) is 18.5 Å². The minimum atomic E-state index is 0.0399. The second kappa shape index (κ2) is 3.05. The molecule has 3 nitrogen and oxygen atoms in total. The van der Waals surface area contributed by atoms with Gasteiger partial charge in [0.2, 0.25) is 0 Å². The fraction of sp³-hybridized carbons (Fsp3) is 0.125. The van der Waals surface area contributed by atoms with Gasteiger partial charge >= 0.3 is 0 Å². The number of hydrogen-bond donors (Lipinski definition) is 1. The molecule has 0 radical (unpaired) electrons. The van der Waals surface area contributed by atoms with Crippen LogP contribution in [0, 0.1) is 0 Å². The number of phenols is 1. The summed E-state index contributed by atoms with van der Waals surface area (Å²) in [6, 6.07) is 4.41. The Bertz CT molecular complexity index is 268. The summed E-state index contributed by atoms with van der Waals surface area (Å²) in [5, 5.41) is 9.09. The molecule has 0 spiro atoms. The highest BCUT2D eigenvalue weighted by molar-refractivity contribution is 5.76. The summed E-state index contributed by atoms with van der Waals surface area (Å²) in [6.07, 6.45) is 0.696. The molecular weight excluding hydrogens is 150 g/mol. The van der Waals surface area contributed by atoms with Gasteiger partial charge < -0.3 is 9.84 Å². The van der Waals surface area contributed by atoms with Gasteiger partial charge in [-0.1, -0.05) is 0 Å². The largest absolute Gasteiger partial charge is 0.504 e. The normalized spacial score (nSPS) is 9.18. The molecule has 0 aliphatic heterocycles. The highest BCUT2D eigenvalue weighted by atomic mass is 16.6. The second-order valence-corrected chi connectivity index (χ2v) is 2.05. The molecular formula is C8H8O3. The van der Waals surface area contributed by atoms with E-state index in [1.165, 1.54) is 25.3 Å². The first-order chi connectivity index (χ1) is 5.27. The van der Waals surface area contributed by atoms with Gasteiger partial charge in [0.1, 0.15) is 6.29 Å². The standard InChI is InChI=1S/C8H8O3/c1-11-8-4-6(5-9)2-3-7(8)10/h2-5,10H,1H3/i2+1,3+1,4+1,6+1,7+1,8+1. The summed E-state index contributed by atoms with van der Waals surface area (Å²) in [7, 11) is 1.43. The summed E-state index contributed by atoms with van der Waals surface area (Å²) in [4.78, 5) is 10.2. The second-order valence-electron chi connectivity index (χ2n) is 2.05. The highest BCUT2D eigenvalue weighted by Crippen LogP contribution is 2.25. The number of hydrogen-bond acceptors (Lipinski definition) is 3. The van der Waals surface area contributed by atoms with E-state index in [1.54, 1.807) is 0 Å². The maximum atomic E-state index is 10.2. The van der Waals surface area contributed by atoms with Crippen molar-refractivity contribution in [3.05, 3.63) is 23.8 Å². The van der Waals surface area contributed by atoms with Gasteiger partial charge in [0, 0.05) is 5.56 Å². The average molecular weight is 158 g/mol. The third-order valence-corrected chi connectivity index (χ3v) is 1.34. The molecule has 0 saturated heterocycles. The van der Waals surface area contributed by atoms with Crippen LogP contribution in [0.15, 0.2) is 18.2 Å². The predicted octanol–water partition coefficient (Wildman–Crippen LogP) is 1.21. The van der Waals surface area contributed by atoms with Crippen molar-refractivity contribution in [3.8, 4) is 11.5 Å². The van der Waals surface area contributed by atoms with Crippen LogP contribution in [0.2, 0.25) is 0 Å². The van der Waals surface area contributed by atoms with Gasteiger partial charge in [0.05, 0.1) is 7.11 Å². The SMILES string of the molecule is CO[13c]1[13cH][13c](C=O)[13cH][13cH][13c]1O. The van der Waals surface area contributed by atoms with Gasteiger partial charge in [-0.05, 0) is 18.2 Å². The zero-order chi connectivity index (χ0) is 8.27. The molecule has 0 bridgehead atoms. The lowest BCUT2D eigenvalue weighted by atomic mass is 11.0. The number of phenolic OH excluding ortho intramolecular Hbond substituents is 1. The topological polar surface area (TPSA) is 46.5 Å². The minimum absolute atomic E-state index is 0.0399. The molecule has 0 fully saturated rings. The predicted molar refractivity (Wildman–Crippen MR) is 40.0 cm³/mol. The molecule has 0 saturated carbocycles. The Labute approximate surface area is 64.2 Å².